The zero-order valence-electron chi connectivity index (χ0n) is 13.2. The predicted octanol–water partition coefficient (Wildman–Crippen LogP) is 1.42. The van der Waals surface area contributed by atoms with Gasteiger partial charge in [0.2, 0.25) is 10.0 Å². The molecule has 1 atom stereocenters. The Morgan fingerprint density at radius 1 is 1.23 bits per heavy atom. The Morgan fingerprint density at radius 3 is 2.50 bits per heavy atom. The van der Waals surface area contributed by atoms with Crippen LogP contribution in [0.1, 0.15) is 24.0 Å². The first kappa shape index (κ1) is 19.8. The van der Waals surface area contributed by atoms with Crippen LogP contribution in [0.4, 0.5) is 8.78 Å². The van der Waals surface area contributed by atoms with Gasteiger partial charge in [-0.05, 0) is 42.2 Å². The van der Waals surface area contributed by atoms with Crippen LogP contribution in [0, 0.1) is 0 Å². The van der Waals surface area contributed by atoms with Crippen LogP contribution in [0.25, 0.3) is 6.08 Å². The Balaban J connectivity index is 2.24. The molecule has 8 nitrogen and oxygen atoms in total. The van der Waals surface area contributed by atoms with E-state index in [0.29, 0.717) is 11.1 Å². The third-order valence-corrected chi connectivity index (χ3v) is 5.22. The first-order chi connectivity index (χ1) is 12.1. The van der Waals surface area contributed by atoms with Gasteiger partial charge in [0, 0.05) is 0 Å². The maximum Gasteiger partial charge on any atom is 0.387 e. The van der Waals surface area contributed by atoms with E-state index in [1.54, 1.807) is 0 Å². The molecule has 11 heteroatoms. The Kier molecular flexibility index (Phi) is 5.93. The highest BCUT2D eigenvalue weighted by molar-refractivity contribution is 7.93. The standard InChI is InChI=1S/C15H15F2NO7S/c16-15(17)25-10-3-1-9-6-11(4-2-8(9)5-10)26(23,24)18-12(14(21)22)7-13(19)20/h1,3,5-6,12,15,18H,2,4,7H2,(H,19,20)(H,21,22)/t12-/m0/s1. The molecule has 26 heavy (non-hydrogen) atoms. The summed E-state index contributed by atoms with van der Waals surface area (Å²) in [5, 5.41) is 17.6. The first-order valence-corrected chi connectivity index (χ1v) is 8.82. The number of ether oxygens (including phenoxy) is 1. The van der Waals surface area contributed by atoms with Crippen molar-refractivity contribution in [2.45, 2.75) is 31.9 Å². The molecule has 0 radical (unpaired) electrons. The minimum Gasteiger partial charge on any atom is -0.481 e. The van der Waals surface area contributed by atoms with Crippen molar-refractivity contribution >= 4 is 28.0 Å². The summed E-state index contributed by atoms with van der Waals surface area (Å²) in [6.45, 7) is -2.98. The number of alkyl halides is 2. The second kappa shape index (κ2) is 7.79. The number of rotatable bonds is 8. The van der Waals surface area contributed by atoms with E-state index < -0.39 is 41.0 Å². The van der Waals surface area contributed by atoms with Crippen LogP contribution >= 0.6 is 0 Å². The van der Waals surface area contributed by atoms with E-state index in [4.69, 9.17) is 10.2 Å². The predicted molar refractivity (Wildman–Crippen MR) is 85.1 cm³/mol. The molecular weight excluding hydrogens is 376 g/mol. The number of hydrogen-bond acceptors (Lipinski definition) is 5. The van der Waals surface area contributed by atoms with E-state index in [9.17, 15) is 26.8 Å². The largest absolute Gasteiger partial charge is 0.481 e. The lowest BCUT2D eigenvalue weighted by Crippen LogP contribution is -2.42. The van der Waals surface area contributed by atoms with Crippen LogP contribution in [-0.2, 0) is 26.0 Å². The Morgan fingerprint density at radius 2 is 1.92 bits per heavy atom. The molecule has 0 amide bonds. The van der Waals surface area contributed by atoms with Gasteiger partial charge in [0.25, 0.3) is 0 Å². The van der Waals surface area contributed by atoms with Crippen molar-refractivity contribution in [3.8, 4) is 5.75 Å². The lowest BCUT2D eigenvalue weighted by atomic mass is 9.97. The highest BCUT2D eigenvalue weighted by Crippen LogP contribution is 2.30. The second-order valence-corrected chi connectivity index (χ2v) is 7.23. The summed E-state index contributed by atoms with van der Waals surface area (Å²) in [6.07, 6.45) is 0.582. The average Bonchev–Trinajstić information content (AvgIpc) is 2.52. The van der Waals surface area contributed by atoms with Crippen LogP contribution in [0.2, 0.25) is 0 Å². The van der Waals surface area contributed by atoms with E-state index in [-0.39, 0.29) is 23.5 Å². The molecule has 142 valence electrons. The van der Waals surface area contributed by atoms with Crippen LogP contribution in [0.15, 0.2) is 23.1 Å². The van der Waals surface area contributed by atoms with Gasteiger partial charge in [0.05, 0.1) is 11.3 Å². The van der Waals surface area contributed by atoms with Crippen LogP contribution in [-0.4, -0.2) is 43.2 Å². The second-order valence-electron chi connectivity index (χ2n) is 5.46. The van der Waals surface area contributed by atoms with Gasteiger partial charge in [-0.15, -0.1) is 0 Å². The number of benzene rings is 1. The molecule has 1 aromatic rings. The van der Waals surface area contributed by atoms with Gasteiger partial charge >= 0.3 is 18.6 Å². The number of nitrogens with one attached hydrogen (secondary N) is 1. The van der Waals surface area contributed by atoms with E-state index in [1.807, 2.05) is 4.72 Å². The van der Waals surface area contributed by atoms with Crippen molar-refractivity contribution in [3.63, 3.8) is 0 Å². The molecule has 0 saturated heterocycles. The third kappa shape index (κ3) is 4.99. The van der Waals surface area contributed by atoms with E-state index >= 15 is 0 Å². The molecular formula is C15H15F2NO7S. The zero-order valence-corrected chi connectivity index (χ0v) is 14.0. The smallest absolute Gasteiger partial charge is 0.387 e. The summed E-state index contributed by atoms with van der Waals surface area (Å²) in [7, 11) is -4.23. The molecule has 0 saturated carbocycles. The van der Waals surface area contributed by atoms with Gasteiger partial charge < -0.3 is 14.9 Å². The minimum atomic E-state index is -4.23. The maximum atomic E-state index is 12.3. The Bertz CT molecular complexity index is 852. The highest BCUT2D eigenvalue weighted by Gasteiger charge is 2.30. The third-order valence-electron chi connectivity index (χ3n) is 3.62. The number of halogens is 2. The monoisotopic (exact) mass is 391 g/mol. The number of carbonyl (C=O) groups is 2. The van der Waals surface area contributed by atoms with Gasteiger partial charge in [-0.2, -0.15) is 13.5 Å². The Labute approximate surface area is 147 Å². The van der Waals surface area contributed by atoms with Crippen LogP contribution in [0.5, 0.6) is 5.75 Å². The van der Waals surface area contributed by atoms with Gasteiger partial charge in [-0.25, -0.2) is 8.42 Å². The average molecular weight is 391 g/mol. The zero-order chi connectivity index (χ0) is 19.5. The maximum absolute atomic E-state index is 12.3. The molecule has 0 fully saturated rings. The van der Waals surface area contributed by atoms with E-state index in [1.165, 1.54) is 24.3 Å². The van der Waals surface area contributed by atoms with E-state index in [0.717, 1.165) is 0 Å². The molecule has 2 rings (SSSR count). The fourth-order valence-electron chi connectivity index (χ4n) is 2.45. The topological polar surface area (TPSA) is 130 Å². The lowest BCUT2D eigenvalue weighted by Gasteiger charge is -2.20. The number of carboxylic acid groups (broad SMARTS) is 2. The molecule has 0 aromatic heterocycles. The van der Waals surface area contributed by atoms with Crippen molar-refractivity contribution in [3.05, 3.63) is 34.2 Å². The molecule has 0 heterocycles. The number of sulfonamides is 1. The quantitative estimate of drug-likeness (QED) is 0.611. The van der Waals surface area contributed by atoms with Crippen molar-refractivity contribution in [2.24, 2.45) is 0 Å². The number of aliphatic carboxylic acids is 2. The summed E-state index contributed by atoms with van der Waals surface area (Å²) in [4.78, 5) is 21.6. The minimum absolute atomic E-state index is 0.000123. The van der Waals surface area contributed by atoms with Crippen LogP contribution in [0.3, 0.4) is 0 Å². The summed E-state index contributed by atoms with van der Waals surface area (Å²) < 4.78 is 55.3. The molecule has 1 aliphatic carbocycles. The summed E-state index contributed by atoms with van der Waals surface area (Å²) in [6, 6.07) is 2.24. The molecule has 1 aromatic carbocycles. The Hall–Kier alpha value is -2.53. The summed E-state index contributed by atoms with van der Waals surface area (Å²) >= 11 is 0. The molecule has 0 unspecified atom stereocenters. The SMILES string of the molecule is O=C(O)C[C@H](NS(=O)(=O)C1=Cc2ccc(OC(F)F)cc2CC1)C(=O)O. The van der Waals surface area contributed by atoms with Gasteiger partial charge in [-0.1, -0.05) is 6.07 Å². The fraction of sp³-hybridized carbons (Fsp3) is 0.333. The molecule has 0 bridgehead atoms. The number of aryl methyl sites for hydroxylation is 1. The first-order valence-electron chi connectivity index (χ1n) is 7.33. The van der Waals surface area contributed by atoms with Gasteiger partial charge in [0.15, 0.2) is 0 Å². The molecule has 0 aliphatic heterocycles. The van der Waals surface area contributed by atoms with Crippen molar-refractivity contribution in [1.29, 1.82) is 0 Å². The van der Waals surface area contributed by atoms with Crippen molar-refractivity contribution in [2.75, 3.05) is 0 Å². The lowest BCUT2D eigenvalue weighted by molar-refractivity contribution is -0.145. The number of carboxylic acids is 2. The molecule has 1 aliphatic rings. The van der Waals surface area contributed by atoms with Gasteiger partial charge in [0.1, 0.15) is 11.8 Å². The normalized spacial score (nSPS) is 15.1. The van der Waals surface area contributed by atoms with Gasteiger partial charge in [-0.3, -0.25) is 9.59 Å². The summed E-state index contributed by atoms with van der Waals surface area (Å²) in [5.74, 6) is -3.12. The van der Waals surface area contributed by atoms with Crippen LogP contribution < -0.4 is 9.46 Å². The number of allylic oxidation sites excluding steroid dienone is 1. The number of fused-ring (bicyclic) bond motifs is 1. The summed E-state index contributed by atoms with van der Waals surface area (Å²) in [5.41, 5.74) is 1.06. The fourth-order valence-corrected chi connectivity index (χ4v) is 3.81. The van der Waals surface area contributed by atoms with E-state index in [2.05, 4.69) is 4.74 Å². The highest BCUT2D eigenvalue weighted by atomic mass is 32.2. The van der Waals surface area contributed by atoms with Crippen molar-refractivity contribution < 1.29 is 41.7 Å². The molecule has 3 N–H and O–H groups in total. The van der Waals surface area contributed by atoms with Crippen molar-refractivity contribution in [1.82, 2.24) is 4.72 Å². The number of hydrogen-bond donors (Lipinski definition) is 3. The molecule has 0 spiro atoms.